The molecule has 0 spiro atoms. The molecule has 0 unspecified atom stereocenters. The molecule has 1 saturated heterocycles. The minimum atomic E-state index is -4.48. The number of hydrogen-bond acceptors (Lipinski definition) is 7. The Hall–Kier alpha value is -3.30. The van der Waals surface area contributed by atoms with E-state index in [9.17, 15) is 13.2 Å². The van der Waals surface area contributed by atoms with Gasteiger partial charge in [-0.25, -0.2) is 15.0 Å². The molecule has 0 amide bonds. The maximum atomic E-state index is 13.4. The summed E-state index contributed by atoms with van der Waals surface area (Å²) in [5, 5.41) is 3.94. The van der Waals surface area contributed by atoms with Gasteiger partial charge in [0.05, 0.1) is 23.1 Å². The summed E-state index contributed by atoms with van der Waals surface area (Å²) in [7, 11) is 0. The Morgan fingerprint density at radius 3 is 2.44 bits per heavy atom. The Kier molecular flexibility index (Phi) is 6.53. The molecule has 2 aromatic heterocycles. The van der Waals surface area contributed by atoms with Crippen molar-refractivity contribution in [3.63, 3.8) is 0 Å². The van der Waals surface area contributed by atoms with E-state index in [1.54, 1.807) is 19.9 Å². The first-order valence-electron chi connectivity index (χ1n) is 12.5. The van der Waals surface area contributed by atoms with Crippen LogP contribution in [0.4, 0.5) is 30.5 Å². The van der Waals surface area contributed by atoms with Crippen LogP contribution in [0.25, 0.3) is 11.0 Å². The van der Waals surface area contributed by atoms with E-state index in [0.717, 1.165) is 69.6 Å². The quantitative estimate of drug-likeness (QED) is 0.400. The van der Waals surface area contributed by atoms with Crippen molar-refractivity contribution in [2.75, 3.05) is 29.0 Å². The smallest absolute Gasteiger partial charge is 0.416 e. The van der Waals surface area contributed by atoms with Crippen LogP contribution in [0.1, 0.15) is 68.4 Å². The third-order valence-corrected chi connectivity index (χ3v) is 6.90. The number of aryl methyl sites for hydroxylation is 1. The van der Waals surface area contributed by atoms with Crippen LogP contribution >= 0.6 is 0 Å². The minimum Gasteiger partial charge on any atom is -0.487 e. The molecule has 5 rings (SSSR count). The number of anilines is 3. The van der Waals surface area contributed by atoms with Gasteiger partial charge in [0, 0.05) is 18.8 Å². The van der Waals surface area contributed by atoms with Gasteiger partial charge in [-0.3, -0.25) is 0 Å². The first-order chi connectivity index (χ1) is 17.2. The molecule has 3 N–H and O–H groups in total. The predicted molar refractivity (Wildman–Crippen MR) is 134 cm³/mol. The van der Waals surface area contributed by atoms with Gasteiger partial charge in [0.2, 0.25) is 0 Å². The molecule has 7 nitrogen and oxygen atoms in total. The molecular weight excluding hydrogens is 469 g/mol. The van der Waals surface area contributed by atoms with Crippen LogP contribution < -0.4 is 20.7 Å². The summed E-state index contributed by atoms with van der Waals surface area (Å²) in [4.78, 5) is 16.3. The Morgan fingerprint density at radius 2 is 1.75 bits per heavy atom. The van der Waals surface area contributed by atoms with Gasteiger partial charge in [-0.2, -0.15) is 13.2 Å². The predicted octanol–water partition coefficient (Wildman–Crippen LogP) is 6.03. The van der Waals surface area contributed by atoms with E-state index in [1.165, 1.54) is 0 Å². The fraction of sp³-hybridized carbons (Fsp3) is 0.500. The van der Waals surface area contributed by atoms with Crippen molar-refractivity contribution in [2.45, 2.75) is 70.7 Å². The molecular formula is C26H31F3N6O. The van der Waals surface area contributed by atoms with E-state index >= 15 is 0 Å². The molecule has 1 aliphatic carbocycles. The standard InChI is InChI=1S/C26H31F3N6O/c1-15(17-11-18(26(27,28)29)13-19(30)12-17)31-23-21-14-22(36-20-7-3-4-8-20)25(35-9-5-6-10-35)34-24(21)33-16(2)32-23/h11-15,20H,3-10,30H2,1-2H3,(H,31,32,33,34)/t15-/m1/s1. The van der Waals surface area contributed by atoms with Crippen LogP contribution in [0.3, 0.4) is 0 Å². The van der Waals surface area contributed by atoms with Gasteiger partial charge in [0.15, 0.2) is 17.2 Å². The minimum absolute atomic E-state index is 0.0568. The fourth-order valence-electron chi connectivity index (χ4n) is 5.05. The molecule has 2 fully saturated rings. The Bertz CT molecular complexity index is 1250. The van der Waals surface area contributed by atoms with Crippen molar-refractivity contribution >= 4 is 28.4 Å². The summed E-state index contributed by atoms with van der Waals surface area (Å²) in [6, 6.07) is 5.04. The molecule has 1 aliphatic heterocycles. The number of alkyl halides is 3. The van der Waals surface area contributed by atoms with Gasteiger partial charge in [-0.05, 0) is 82.2 Å². The van der Waals surface area contributed by atoms with Crippen molar-refractivity contribution in [3.8, 4) is 5.75 Å². The van der Waals surface area contributed by atoms with Gasteiger partial charge < -0.3 is 20.7 Å². The topological polar surface area (TPSA) is 89.2 Å². The maximum absolute atomic E-state index is 13.4. The summed E-state index contributed by atoms with van der Waals surface area (Å²) in [5.74, 6) is 2.53. The number of nitrogens with one attached hydrogen (secondary N) is 1. The summed E-state index contributed by atoms with van der Waals surface area (Å²) in [5.41, 5.74) is 6.01. The van der Waals surface area contributed by atoms with Crippen molar-refractivity contribution in [1.82, 2.24) is 15.0 Å². The van der Waals surface area contributed by atoms with Crippen LogP contribution in [-0.2, 0) is 6.18 Å². The third kappa shape index (κ3) is 5.12. The van der Waals surface area contributed by atoms with Gasteiger partial charge >= 0.3 is 6.18 Å². The number of ether oxygens (including phenoxy) is 1. The first kappa shape index (κ1) is 24.4. The molecule has 0 radical (unpaired) electrons. The molecule has 0 bridgehead atoms. The molecule has 3 aromatic rings. The highest BCUT2D eigenvalue weighted by Crippen LogP contribution is 2.38. The second-order valence-corrected chi connectivity index (χ2v) is 9.77. The molecule has 10 heteroatoms. The number of fused-ring (bicyclic) bond motifs is 1. The number of nitrogen functional groups attached to an aromatic ring is 1. The first-order valence-corrected chi connectivity index (χ1v) is 12.5. The largest absolute Gasteiger partial charge is 0.487 e. The molecule has 1 saturated carbocycles. The van der Waals surface area contributed by atoms with E-state index in [1.807, 2.05) is 6.07 Å². The van der Waals surface area contributed by atoms with E-state index in [0.29, 0.717) is 34.0 Å². The van der Waals surface area contributed by atoms with Crippen LogP contribution in [0, 0.1) is 6.92 Å². The van der Waals surface area contributed by atoms with Crippen molar-refractivity contribution < 1.29 is 17.9 Å². The van der Waals surface area contributed by atoms with Gasteiger partial charge in [0.1, 0.15) is 11.6 Å². The fourth-order valence-corrected chi connectivity index (χ4v) is 5.05. The van der Waals surface area contributed by atoms with E-state index in [2.05, 4.69) is 20.2 Å². The van der Waals surface area contributed by atoms with E-state index in [4.69, 9.17) is 15.5 Å². The second-order valence-electron chi connectivity index (χ2n) is 9.77. The van der Waals surface area contributed by atoms with Gasteiger partial charge in [0.25, 0.3) is 0 Å². The summed E-state index contributed by atoms with van der Waals surface area (Å²) in [6.07, 6.45) is 2.22. The van der Waals surface area contributed by atoms with Gasteiger partial charge in [-0.15, -0.1) is 0 Å². The Balaban J connectivity index is 1.54. The van der Waals surface area contributed by atoms with Crippen LogP contribution in [0.2, 0.25) is 0 Å². The van der Waals surface area contributed by atoms with Crippen molar-refractivity contribution in [2.24, 2.45) is 0 Å². The van der Waals surface area contributed by atoms with Crippen molar-refractivity contribution in [3.05, 3.63) is 41.2 Å². The van der Waals surface area contributed by atoms with E-state index in [-0.39, 0.29) is 11.8 Å². The molecule has 1 atom stereocenters. The van der Waals surface area contributed by atoms with E-state index < -0.39 is 17.8 Å². The molecule has 3 heterocycles. The Morgan fingerprint density at radius 1 is 1.03 bits per heavy atom. The van der Waals surface area contributed by atoms with Crippen LogP contribution in [0.15, 0.2) is 24.3 Å². The number of halogens is 3. The average molecular weight is 501 g/mol. The molecule has 1 aromatic carbocycles. The highest BCUT2D eigenvalue weighted by molar-refractivity contribution is 5.90. The van der Waals surface area contributed by atoms with Crippen LogP contribution in [0.5, 0.6) is 5.75 Å². The number of aromatic nitrogens is 3. The molecule has 192 valence electrons. The molecule has 2 aliphatic rings. The number of nitrogens with zero attached hydrogens (tertiary/aromatic N) is 4. The second kappa shape index (κ2) is 9.63. The highest BCUT2D eigenvalue weighted by Gasteiger charge is 2.31. The lowest BCUT2D eigenvalue weighted by Gasteiger charge is -2.24. The number of nitrogens with two attached hydrogens (primary N) is 1. The number of pyridine rings is 1. The number of benzene rings is 1. The zero-order chi connectivity index (χ0) is 25.4. The highest BCUT2D eigenvalue weighted by atomic mass is 19.4. The zero-order valence-corrected chi connectivity index (χ0v) is 20.5. The normalized spacial score (nSPS) is 17.6. The lowest BCUT2D eigenvalue weighted by molar-refractivity contribution is -0.137. The van der Waals surface area contributed by atoms with Crippen molar-refractivity contribution in [1.29, 1.82) is 0 Å². The van der Waals surface area contributed by atoms with Crippen LogP contribution in [-0.4, -0.2) is 34.1 Å². The summed E-state index contributed by atoms with van der Waals surface area (Å²) in [6.45, 7) is 5.39. The summed E-state index contributed by atoms with van der Waals surface area (Å²) < 4.78 is 46.5. The maximum Gasteiger partial charge on any atom is 0.416 e. The number of rotatable bonds is 6. The third-order valence-electron chi connectivity index (χ3n) is 6.90. The zero-order valence-electron chi connectivity index (χ0n) is 20.5. The lowest BCUT2D eigenvalue weighted by atomic mass is 10.0. The SMILES string of the molecule is Cc1nc(N[C@H](C)c2cc(N)cc(C(F)(F)F)c2)c2cc(OC3CCCC3)c(N3CCCC3)nc2n1. The average Bonchev–Trinajstić information content (AvgIpc) is 3.52. The Labute approximate surface area is 208 Å². The number of hydrogen-bond donors (Lipinski definition) is 2. The summed E-state index contributed by atoms with van der Waals surface area (Å²) >= 11 is 0. The molecule has 36 heavy (non-hydrogen) atoms. The van der Waals surface area contributed by atoms with Gasteiger partial charge in [-0.1, -0.05) is 0 Å². The monoisotopic (exact) mass is 500 g/mol. The lowest BCUT2D eigenvalue weighted by Crippen LogP contribution is -2.22.